The standard InChI is InChI=1S/C17H13ClN2S.C17H14N2O.C16H10F2N2S.C16H11FN2S.C15H16N2S.C14H13ClN2S/c1-10-16(13-8-11(18)6-7-15(13)21-10)17-12-4-2-3-5-14(12)19-9-20-17;1-11-16(13-7-3-5-9-15(13)20-11)17-12-6-2-4-8-14(12)18-10-19-17;17-11-6-3-5-10-14(11)19-8-20-15(10)13-9-4-1-2-7-12(9)21-16(13)18;17-16-14(11-6-2-4-8-13(11)20-16)15-10-5-1-3-7-12(10)18-9-19-15;1-9-10(2)18-11(3)14(9)15-12-6-4-5-7-13(12)16-8-17-15;1-8-5-11(9(2)18-8)14-12-6-10(15)3-4-13(12)16-7-17-14/h2-9,17H,1H3,(H,19,20);2-10,17H,1H3,(H,18,19);1-8,15H,(H,19,20);1-9,15H,(H,18,19);4-8,15H,1-3H3,(H,16,17);3-7,14H,1-2H3,(H,16,17). The van der Waals surface area contributed by atoms with Gasteiger partial charge in [-0.3, -0.25) is 30.0 Å². The van der Waals surface area contributed by atoms with Gasteiger partial charge < -0.3 is 36.3 Å². The molecule has 118 heavy (non-hydrogen) atoms. The van der Waals surface area contributed by atoms with Crippen molar-refractivity contribution in [2.75, 3.05) is 31.9 Å². The van der Waals surface area contributed by atoms with Crippen LogP contribution >= 0.6 is 79.9 Å². The molecule has 22 rings (SSSR count). The van der Waals surface area contributed by atoms with Gasteiger partial charge in [0, 0.05) is 149 Å². The Kier molecular flexibility index (Phi) is 23.0. The Hall–Kier alpha value is -11.8. The van der Waals surface area contributed by atoms with Gasteiger partial charge >= 0.3 is 0 Å². The van der Waals surface area contributed by atoms with E-state index in [1.165, 1.54) is 103 Å². The maximum Gasteiger partial charge on any atom is 0.183 e. The van der Waals surface area contributed by atoms with Crippen LogP contribution in [0.2, 0.25) is 10.0 Å². The minimum absolute atomic E-state index is 0.00361. The van der Waals surface area contributed by atoms with Gasteiger partial charge in [0.2, 0.25) is 0 Å². The highest BCUT2D eigenvalue weighted by molar-refractivity contribution is 7.19. The Labute approximate surface area is 710 Å². The Morgan fingerprint density at radius 1 is 0.305 bits per heavy atom. The van der Waals surface area contributed by atoms with E-state index in [4.69, 9.17) is 27.6 Å². The van der Waals surface area contributed by atoms with E-state index in [9.17, 15) is 13.2 Å². The van der Waals surface area contributed by atoms with Crippen molar-refractivity contribution in [2.45, 2.75) is 84.7 Å². The number of aryl methyl sites for hydroxylation is 6. The first-order chi connectivity index (χ1) is 57.5. The lowest BCUT2D eigenvalue weighted by molar-refractivity contribution is 0.568. The van der Waals surface area contributed by atoms with Crippen LogP contribution in [-0.2, 0) is 0 Å². The minimum Gasteiger partial charge on any atom is -0.461 e. The molecular formula is C95H77Cl2F3N12OS5. The molecule has 0 saturated carbocycles. The molecule has 6 aromatic heterocycles. The molecule has 588 valence electrons. The number of fused-ring (bicyclic) bond motifs is 10. The van der Waals surface area contributed by atoms with E-state index >= 15 is 0 Å². The number of nitrogens with zero attached hydrogens (tertiary/aromatic N) is 6. The minimum atomic E-state index is -0.520. The van der Waals surface area contributed by atoms with Gasteiger partial charge in [-0.1, -0.05) is 163 Å². The fraction of sp³-hybridized carbons (Fsp3) is 0.137. The lowest BCUT2D eigenvalue weighted by Crippen LogP contribution is -2.13. The first-order valence-corrected chi connectivity index (χ1v) is 43.1. The summed E-state index contributed by atoms with van der Waals surface area (Å²) in [7, 11) is 0. The van der Waals surface area contributed by atoms with Crippen LogP contribution in [0.25, 0.3) is 41.2 Å². The van der Waals surface area contributed by atoms with E-state index in [2.05, 4.69) is 182 Å². The molecule has 0 saturated heterocycles. The third-order valence-electron chi connectivity index (χ3n) is 21.6. The molecule has 0 amide bonds. The summed E-state index contributed by atoms with van der Waals surface area (Å²) in [5.74, 6) is 0.577. The molecular weight excluding hydrogens is 1610 g/mol. The number of hydrogen-bond donors (Lipinski definition) is 6. The van der Waals surface area contributed by atoms with E-state index in [-0.39, 0.29) is 46.3 Å². The average Bonchev–Trinajstić information content (AvgIpc) is 1.61. The van der Waals surface area contributed by atoms with Crippen LogP contribution in [0.5, 0.6) is 0 Å². The zero-order valence-electron chi connectivity index (χ0n) is 64.9. The highest BCUT2D eigenvalue weighted by Crippen LogP contribution is 2.49. The molecule has 10 aromatic carbocycles. The van der Waals surface area contributed by atoms with Gasteiger partial charge in [0.15, 0.2) is 10.3 Å². The van der Waals surface area contributed by atoms with Crippen molar-refractivity contribution in [1.82, 2.24) is 0 Å². The van der Waals surface area contributed by atoms with Crippen LogP contribution in [0.15, 0.2) is 265 Å². The Morgan fingerprint density at radius 2 is 0.720 bits per heavy atom. The van der Waals surface area contributed by atoms with Crippen LogP contribution in [0.1, 0.15) is 139 Å². The van der Waals surface area contributed by atoms with Crippen molar-refractivity contribution in [2.24, 2.45) is 30.0 Å². The van der Waals surface area contributed by atoms with Gasteiger partial charge in [-0.05, 0) is 162 Å². The SMILES string of the molecule is Cc1cc(C2N=CNc3ccc(Cl)cc32)c(C)s1.Cc1oc2ccccc2c1C1N=CNc2ccccc21.Cc1sc(C)c(C2N=CNc3ccccc32)c1C.Cc1sc2ccc(Cl)cc2c1C1N=CNc2ccccc21.Fc1cccc2c1NC=NC2c1c(F)sc2ccccc12.Fc1sc2ccccc2c1C1N=CNc2ccccc21. The number of furan rings is 1. The summed E-state index contributed by atoms with van der Waals surface area (Å²) in [4.78, 5) is 34.0. The number of para-hydroxylation sites is 6. The third kappa shape index (κ3) is 15.8. The van der Waals surface area contributed by atoms with Crippen LogP contribution in [-0.4, -0.2) is 38.0 Å². The smallest absolute Gasteiger partial charge is 0.183 e. The van der Waals surface area contributed by atoms with Crippen LogP contribution in [0.4, 0.5) is 47.3 Å². The topological polar surface area (TPSA) is 159 Å². The zero-order chi connectivity index (χ0) is 81.2. The summed E-state index contributed by atoms with van der Waals surface area (Å²) in [5.41, 5.74) is 20.9. The second-order valence-corrected chi connectivity index (χ2v) is 35.7. The molecule has 12 heterocycles. The quantitative estimate of drug-likeness (QED) is 0.0967. The summed E-state index contributed by atoms with van der Waals surface area (Å²) in [6.07, 6.45) is 10.2. The van der Waals surface area contributed by atoms with Crippen LogP contribution in [0.3, 0.4) is 0 Å². The zero-order valence-corrected chi connectivity index (χ0v) is 70.5. The first kappa shape index (κ1) is 78.7. The van der Waals surface area contributed by atoms with Crippen molar-refractivity contribution >= 4 is 193 Å². The first-order valence-electron chi connectivity index (χ1n) is 38.3. The molecule has 6 aliphatic heterocycles. The van der Waals surface area contributed by atoms with E-state index in [0.717, 1.165) is 97.7 Å². The normalized spacial score (nSPS) is 17.0. The van der Waals surface area contributed by atoms with E-state index in [0.29, 0.717) is 22.4 Å². The Bertz CT molecular complexity index is 6550. The highest BCUT2D eigenvalue weighted by Gasteiger charge is 2.32. The van der Waals surface area contributed by atoms with E-state index < -0.39 is 6.04 Å². The number of thiophene rings is 5. The van der Waals surface area contributed by atoms with Gasteiger partial charge in [-0.25, -0.2) is 4.39 Å². The molecule has 0 fully saturated rings. The molecule has 6 atom stereocenters. The molecule has 0 radical (unpaired) electrons. The van der Waals surface area contributed by atoms with Gasteiger partial charge in [-0.2, -0.15) is 8.78 Å². The Morgan fingerprint density at radius 3 is 1.25 bits per heavy atom. The number of anilines is 6. The summed E-state index contributed by atoms with van der Waals surface area (Å²) < 4.78 is 51.7. The number of aliphatic imine (C=N–C) groups is 6. The molecule has 16 aromatic rings. The lowest BCUT2D eigenvalue weighted by Gasteiger charge is -2.22. The predicted octanol–water partition coefficient (Wildman–Crippen LogP) is 27.8. The summed E-state index contributed by atoms with van der Waals surface area (Å²) in [6, 6.07) is 74.8. The fourth-order valence-electron chi connectivity index (χ4n) is 16.0. The number of nitrogens with one attached hydrogen (secondary N) is 6. The van der Waals surface area contributed by atoms with E-state index in [1.807, 2.05) is 169 Å². The second-order valence-electron chi connectivity index (χ2n) is 28.7. The molecule has 23 heteroatoms. The molecule has 6 unspecified atom stereocenters. The molecule has 0 bridgehead atoms. The predicted molar refractivity (Wildman–Crippen MR) is 496 cm³/mol. The number of rotatable bonds is 6. The van der Waals surface area contributed by atoms with Crippen molar-refractivity contribution in [3.8, 4) is 0 Å². The summed E-state index contributed by atoms with van der Waals surface area (Å²) in [5, 5.41) is 24.0. The molecule has 0 aliphatic carbocycles. The molecule has 6 aliphatic rings. The van der Waals surface area contributed by atoms with Gasteiger partial charge in [0.1, 0.15) is 53.4 Å². The highest BCUT2D eigenvalue weighted by atomic mass is 35.5. The third-order valence-corrected chi connectivity index (χ3v) is 27.2. The van der Waals surface area contributed by atoms with E-state index in [1.54, 1.807) is 48.8 Å². The van der Waals surface area contributed by atoms with Crippen LogP contribution < -0.4 is 31.9 Å². The summed E-state index contributed by atoms with van der Waals surface area (Å²) >= 11 is 20.1. The Balaban J connectivity index is 0.000000102. The van der Waals surface area contributed by atoms with Gasteiger partial charge in [-0.15, -0.1) is 56.7 Å². The number of benzene rings is 10. The molecule has 6 N–H and O–H groups in total. The molecule has 0 spiro atoms. The monoisotopic (exact) mass is 1690 g/mol. The van der Waals surface area contributed by atoms with Crippen LogP contribution in [0, 0.1) is 64.5 Å². The van der Waals surface area contributed by atoms with Crippen molar-refractivity contribution in [3.63, 3.8) is 0 Å². The summed E-state index contributed by atoms with van der Waals surface area (Å²) in [6.45, 7) is 15.0. The second kappa shape index (κ2) is 34.4. The molecule has 13 nitrogen and oxygen atoms in total. The fourth-order valence-corrected chi connectivity index (χ4v) is 21.4. The van der Waals surface area contributed by atoms with Gasteiger partial charge in [0.05, 0.1) is 43.7 Å². The average molecular weight is 1690 g/mol. The van der Waals surface area contributed by atoms with Gasteiger partial charge in [0.25, 0.3) is 0 Å². The lowest BCUT2D eigenvalue weighted by atomic mass is 9.94. The van der Waals surface area contributed by atoms with Crippen molar-refractivity contribution in [1.29, 1.82) is 0 Å². The maximum atomic E-state index is 14.4. The maximum absolute atomic E-state index is 14.4. The number of hydrogen-bond acceptors (Lipinski definition) is 18. The largest absolute Gasteiger partial charge is 0.461 e. The number of halogens is 5. The van der Waals surface area contributed by atoms with Crippen molar-refractivity contribution in [3.05, 3.63) is 359 Å². The van der Waals surface area contributed by atoms with Crippen molar-refractivity contribution < 1.29 is 17.6 Å².